The molecule has 2 N–H and O–H groups in total. The minimum Gasteiger partial charge on any atom is -0.314 e. The molecule has 1 saturated heterocycles. The molecule has 1 atom stereocenters. The molecular weight excluding hydrogens is 280 g/mol. The second-order valence-electron chi connectivity index (χ2n) is 5.22. The van der Waals surface area contributed by atoms with Gasteiger partial charge in [0.15, 0.2) is 5.82 Å². The van der Waals surface area contributed by atoms with Gasteiger partial charge in [-0.1, -0.05) is 0 Å². The summed E-state index contributed by atoms with van der Waals surface area (Å²) in [4.78, 5) is 0. The van der Waals surface area contributed by atoms with Gasteiger partial charge in [0.1, 0.15) is 5.82 Å². The van der Waals surface area contributed by atoms with Gasteiger partial charge in [0, 0.05) is 39.1 Å². The summed E-state index contributed by atoms with van der Waals surface area (Å²) in [6.07, 6.45) is 1.97. The first-order chi connectivity index (χ1) is 9.58. The van der Waals surface area contributed by atoms with Gasteiger partial charge in [-0.15, -0.1) is 10.2 Å². The van der Waals surface area contributed by atoms with Gasteiger partial charge in [0.25, 0.3) is 10.2 Å². The predicted octanol–water partition coefficient (Wildman–Crippen LogP) is -0.975. The largest absolute Gasteiger partial charge is 0.314 e. The number of aromatic nitrogens is 3. The Bertz CT molecular complexity index is 578. The van der Waals surface area contributed by atoms with E-state index in [-0.39, 0.29) is 6.04 Å². The highest BCUT2D eigenvalue weighted by atomic mass is 32.2. The maximum absolute atomic E-state index is 12.3. The van der Waals surface area contributed by atoms with Crippen LogP contribution in [-0.4, -0.2) is 53.7 Å². The van der Waals surface area contributed by atoms with Crippen molar-refractivity contribution in [3.8, 4) is 0 Å². The lowest BCUT2D eigenvalue weighted by molar-refractivity contribution is 0.351. The Labute approximate surface area is 118 Å². The highest BCUT2D eigenvalue weighted by molar-refractivity contribution is 7.87. The van der Waals surface area contributed by atoms with Gasteiger partial charge in [-0.3, -0.25) is 0 Å². The minimum absolute atomic E-state index is 0.366. The lowest BCUT2D eigenvalue weighted by Gasteiger charge is -2.28. The van der Waals surface area contributed by atoms with Crippen LogP contribution < -0.4 is 10.0 Å². The maximum Gasteiger partial charge on any atom is 0.280 e. The molecule has 0 amide bonds. The van der Waals surface area contributed by atoms with Gasteiger partial charge in [-0.05, 0) is 13.3 Å². The summed E-state index contributed by atoms with van der Waals surface area (Å²) in [5.41, 5.74) is 0. The van der Waals surface area contributed by atoms with Crippen molar-refractivity contribution in [3.05, 3.63) is 11.6 Å². The van der Waals surface area contributed by atoms with Crippen molar-refractivity contribution >= 4 is 10.2 Å². The van der Waals surface area contributed by atoms with Gasteiger partial charge in [0.2, 0.25) is 0 Å². The van der Waals surface area contributed by atoms with Crippen LogP contribution in [0.5, 0.6) is 0 Å². The number of hydrogen-bond donors (Lipinski definition) is 2. The van der Waals surface area contributed by atoms with Crippen LogP contribution in [0.15, 0.2) is 0 Å². The van der Waals surface area contributed by atoms with Crippen molar-refractivity contribution in [2.24, 2.45) is 0 Å². The molecule has 20 heavy (non-hydrogen) atoms. The molecule has 1 fully saturated rings. The Morgan fingerprint density at radius 3 is 2.75 bits per heavy atom. The van der Waals surface area contributed by atoms with E-state index >= 15 is 0 Å². The van der Waals surface area contributed by atoms with Crippen molar-refractivity contribution in [1.29, 1.82) is 0 Å². The van der Waals surface area contributed by atoms with Crippen LogP contribution in [0.3, 0.4) is 0 Å². The summed E-state index contributed by atoms with van der Waals surface area (Å²) in [6.45, 7) is 5.07. The third kappa shape index (κ3) is 2.58. The molecule has 1 aromatic rings. The molecule has 0 radical (unpaired) electrons. The van der Waals surface area contributed by atoms with E-state index in [4.69, 9.17) is 0 Å². The molecule has 8 nitrogen and oxygen atoms in total. The molecule has 2 aliphatic rings. The van der Waals surface area contributed by atoms with Crippen LogP contribution in [-0.2, 0) is 23.2 Å². The van der Waals surface area contributed by atoms with Crippen molar-refractivity contribution in [2.45, 2.75) is 32.4 Å². The zero-order chi connectivity index (χ0) is 14.2. The number of hydrogen-bond acceptors (Lipinski definition) is 5. The zero-order valence-electron chi connectivity index (χ0n) is 11.5. The summed E-state index contributed by atoms with van der Waals surface area (Å²) in [5, 5.41) is 11.4. The van der Waals surface area contributed by atoms with Crippen LogP contribution in [0, 0.1) is 0 Å². The highest BCUT2D eigenvalue weighted by Crippen LogP contribution is 2.19. The number of piperazine rings is 1. The van der Waals surface area contributed by atoms with Gasteiger partial charge in [-0.2, -0.15) is 17.4 Å². The lowest BCUT2D eigenvalue weighted by atomic mass is 10.3. The maximum atomic E-state index is 12.3. The van der Waals surface area contributed by atoms with Crippen LogP contribution in [0.1, 0.15) is 31.0 Å². The van der Waals surface area contributed by atoms with Crippen molar-refractivity contribution in [1.82, 2.24) is 29.1 Å². The topological polar surface area (TPSA) is 92.2 Å². The number of fused-ring (bicyclic) bond motifs is 1. The zero-order valence-corrected chi connectivity index (χ0v) is 12.4. The van der Waals surface area contributed by atoms with E-state index in [0.29, 0.717) is 32.0 Å². The number of nitrogens with one attached hydrogen (secondary N) is 2. The van der Waals surface area contributed by atoms with E-state index in [1.807, 2.05) is 11.5 Å². The standard InChI is InChI=1S/C11H20N6O2S/c1-9(11-14-13-10-3-2-6-17(10)11)15-20(18,19)16-7-4-12-5-8-16/h9,12,15H,2-8H2,1H3. The van der Waals surface area contributed by atoms with Crippen molar-refractivity contribution in [3.63, 3.8) is 0 Å². The van der Waals surface area contributed by atoms with Crippen LogP contribution in [0.25, 0.3) is 0 Å². The Morgan fingerprint density at radius 1 is 1.25 bits per heavy atom. The van der Waals surface area contributed by atoms with E-state index < -0.39 is 10.2 Å². The molecule has 1 aromatic heterocycles. The predicted molar refractivity (Wildman–Crippen MR) is 73.3 cm³/mol. The second-order valence-corrected chi connectivity index (χ2v) is 6.93. The molecule has 9 heteroatoms. The van der Waals surface area contributed by atoms with Crippen LogP contribution in [0.2, 0.25) is 0 Å². The first-order valence-corrected chi connectivity index (χ1v) is 8.42. The Morgan fingerprint density at radius 2 is 2.00 bits per heavy atom. The highest BCUT2D eigenvalue weighted by Gasteiger charge is 2.28. The molecule has 0 spiro atoms. The Hall–Kier alpha value is -1.03. The number of rotatable bonds is 4. The molecule has 0 bridgehead atoms. The normalized spacial score (nSPS) is 21.9. The van der Waals surface area contributed by atoms with Crippen LogP contribution >= 0.6 is 0 Å². The SMILES string of the molecule is CC(NS(=O)(=O)N1CCNCC1)c1nnc2n1CCC2. The van der Waals surface area contributed by atoms with E-state index in [1.165, 1.54) is 4.31 Å². The average Bonchev–Trinajstić information content (AvgIpc) is 3.01. The van der Waals surface area contributed by atoms with E-state index in [0.717, 1.165) is 25.2 Å². The monoisotopic (exact) mass is 300 g/mol. The van der Waals surface area contributed by atoms with E-state index in [2.05, 4.69) is 20.2 Å². The molecule has 3 rings (SSSR count). The summed E-state index contributed by atoms with van der Waals surface area (Å²) in [5.74, 6) is 1.66. The third-order valence-corrected chi connectivity index (χ3v) is 5.46. The van der Waals surface area contributed by atoms with Crippen molar-refractivity contribution in [2.75, 3.05) is 26.2 Å². The molecule has 1 unspecified atom stereocenters. The molecule has 2 aliphatic heterocycles. The van der Waals surface area contributed by atoms with Gasteiger partial charge in [-0.25, -0.2) is 0 Å². The second kappa shape index (κ2) is 5.40. The summed E-state index contributed by atoms with van der Waals surface area (Å²) < 4.78 is 30.8. The fraction of sp³-hybridized carbons (Fsp3) is 0.818. The molecule has 0 aromatic carbocycles. The molecule has 112 valence electrons. The number of nitrogens with zero attached hydrogens (tertiary/aromatic N) is 4. The van der Waals surface area contributed by atoms with Gasteiger partial charge < -0.3 is 9.88 Å². The molecule has 0 saturated carbocycles. The summed E-state index contributed by atoms with van der Waals surface area (Å²) >= 11 is 0. The average molecular weight is 300 g/mol. The van der Waals surface area contributed by atoms with E-state index in [9.17, 15) is 8.42 Å². The fourth-order valence-electron chi connectivity index (χ4n) is 2.73. The minimum atomic E-state index is -3.46. The first kappa shape index (κ1) is 13.9. The molecule has 0 aliphatic carbocycles. The van der Waals surface area contributed by atoms with Gasteiger partial charge in [0.05, 0.1) is 6.04 Å². The summed E-state index contributed by atoms with van der Waals surface area (Å²) in [7, 11) is -3.46. The van der Waals surface area contributed by atoms with Gasteiger partial charge >= 0.3 is 0 Å². The third-order valence-electron chi connectivity index (χ3n) is 3.77. The summed E-state index contributed by atoms with van der Waals surface area (Å²) in [6, 6.07) is -0.366. The number of aryl methyl sites for hydroxylation is 1. The Kier molecular flexibility index (Phi) is 3.76. The van der Waals surface area contributed by atoms with Crippen LogP contribution in [0.4, 0.5) is 0 Å². The smallest absolute Gasteiger partial charge is 0.280 e. The molecule has 3 heterocycles. The quantitative estimate of drug-likeness (QED) is 0.746. The lowest BCUT2D eigenvalue weighted by Crippen LogP contribution is -2.51. The molecular formula is C11H20N6O2S. The van der Waals surface area contributed by atoms with E-state index in [1.54, 1.807) is 0 Å². The Balaban J connectivity index is 1.73. The fourth-order valence-corrected chi connectivity index (χ4v) is 4.09. The van der Waals surface area contributed by atoms with Crippen molar-refractivity contribution < 1.29 is 8.42 Å². The first-order valence-electron chi connectivity index (χ1n) is 6.98.